The lowest BCUT2D eigenvalue weighted by Crippen LogP contribution is -2.39. The molecular formula is C18H19N5O2S. The van der Waals surface area contributed by atoms with Crippen molar-refractivity contribution in [3.05, 3.63) is 35.1 Å². The fourth-order valence-corrected chi connectivity index (χ4v) is 3.39. The van der Waals surface area contributed by atoms with Gasteiger partial charge in [0, 0.05) is 30.4 Å². The number of fused-ring (bicyclic) bond motifs is 1. The van der Waals surface area contributed by atoms with Gasteiger partial charge in [0.15, 0.2) is 10.8 Å². The smallest absolute Gasteiger partial charge is 0.166 e. The van der Waals surface area contributed by atoms with Crippen LogP contribution in [-0.4, -0.2) is 63.6 Å². The summed E-state index contributed by atoms with van der Waals surface area (Å²) in [6.07, 6.45) is 1.56. The number of hydrogen-bond donors (Lipinski definition) is 0. The number of aryl methyl sites for hydroxylation is 1. The minimum absolute atomic E-state index is 0.0931. The Kier molecular flexibility index (Phi) is 4.29. The maximum absolute atomic E-state index is 12.6. The van der Waals surface area contributed by atoms with E-state index in [0.717, 1.165) is 15.4 Å². The number of Topliss-reactive ketones (excluding diaryl/α,β-unsaturated/α-hetero) is 1. The van der Waals surface area contributed by atoms with Crippen molar-refractivity contribution in [1.29, 1.82) is 0 Å². The number of carbonyl (C=O) groups is 1. The molecule has 0 aromatic carbocycles. The van der Waals surface area contributed by atoms with Crippen molar-refractivity contribution in [2.45, 2.75) is 13.3 Å². The Hall–Kier alpha value is -2.29. The second-order valence-corrected chi connectivity index (χ2v) is 7.18. The molecule has 0 bridgehead atoms. The normalized spacial score (nSPS) is 17.1. The molecule has 0 radical (unpaired) electrons. The number of hydrogen-bond acceptors (Lipinski definition) is 8. The molecule has 0 atom stereocenters. The Labute approximate surface area is 157 Å². The molecule has 1 fully saturated rings. The topological polar surface area (TPSA) is 81.1 Å². The fraction of sp³-hybridized carbons (Fsp3) is 0.389. The van der Waals surface area contributed by atoms with E-state index in [9.17, 15) is 4.79 Å². The summed E-state index contributed by atoms with van der Waals surface area (Å²) in [5.74, 6) is -0.517. The number of pyridine rings is 2. The third kappa shape index (κ3) is 3.92. The van der Waals surface area contributed by atoms with Crippen LogP contribution in [-0.2, 0) is 16.0 Å². The van der Waals surface area contributed by atoms with Gasteiger partial charge in [-0.05, 0) is 25.1 Å². The van der Waals surface area contributed by atoms with Crippen LogP contribution in [0.15, 0.2) is 24.4 Å². The van der Waals surface area contributed by atoms with Gasteiger partial charge in [0.25, 0.3) is 0 Å². The van der Waals surface area contributed by atoms with E-state index >= 15 is 0 Å². The Balaban J connectivity index is 1.57. The van der Waals surface area contributed by atoms with E-state index in [1.54, 1.807) is 12.3 Å². The molecule has 7 nitrogen and oxygen atoms in total. The van der Waals surface area contributed by atoms with Crippen molar-refractivity contribution >= 4 is 28.0 Å². The summed E-state index contributed by atoms with van der Waals surface area (Å²) in [6, 6.07) is 5.51. The van der Waals surface area contributed by atoms with Gasteiger partial charge in [0.1, 0.15) is 10.7 Å². The van der Waals surface area contributed by atoms with Gasteiger partial charge in [0.05, 0.1) is 34.4 Å². The lowest BCUT2D eigenvalue weighted by molar-refractivity contribution is -0.120. The number of carbonyl (C=O) groups excluding carboxylic acids is 1. The van der Waals surface area contributed by atoms with Crippen LogP contribution in [0.5, 0.6) is 0 Å². The highest BCUT2D eigenvalue weighted by molar-refractivity contribution is 7.14. The van der Waals surface area contributed by atoms with Crippen molar-refractivity contribution in [3.63, 3.8) is 0 Å². The molecule has 3 aromatic heterocycles. The minimum Gasteiger partial charge on any atom is -0.379 e. The lowest BCUT2D eigenvalue weighted by atomic mass is 10.1. The summed E-state index contributed by atoms with van der Waals surface area (Å²) in [6.45, 7) is 1.50. The number of rotatable bonds is 5. The summed E-state index contributed by atoms with van der Waals surface area (Å²) in [5.41, 5.74) is 1.90. The first-order valence-electron chi connectivity index (χ1n) is 9.36. The maximum atomic E-state index is 12.6. The highest BCUT2D eigenvalue weighted by Crippen LogP contribution is 2.23. The molecule has 1 aliphatic rings. The Bertz CT molecular complexity index is 1020. The van der Waals surface area contributed by atoms with Crippen molar-refractivity contribution in [3.8, 4) is 10.7 Å². The zero-order valence-corrected chi connectivity index (χ0v) is 15.1. The standard InChI is InChI=1S/C18H19N5O2S/c1-12-21-22-18(26-12)16-3-2-13-10-19-14(9-17(13)20-16)8-15(24)11-23-4-6-25-7-5-23/h2-3,9-10H,4-8,11H2,1H3/i11D2. The average Bonchev–Trinajstić information content (AvgIpc) is 3.14. The number of nitrogens with zero attached hydrogens (tertiary/aromatic N) is 5. The second kappa shape index (κ2) is 7.53. The van der Waals surface area contributed by atoms with Crippen LogP contribution in [0, 0.1) is 6.92 Å². The van der Waals surface area contributed by atoms with Crippen molar-refractivity contribution in [2.75, 3.05) is 32.8 Å². The van der Waals surface area contributed by atoms with E-state index in [-0.39, 0.29) is 6.42 Å². The molecule has 26 heavy (non-hydrogen) atoms. The predicted octanol–water partition coefficient (Wildman–Crippen LogP) is 1.90. The molecule has 4 heterocycles. The van der Waals surface area contributed by atoms with Crippen LogP contribution in [0.2, 0.25) is 0 Å². The first kappa shape index (κ1) is 14.8. The van der Waals surface area contributed by atoms with Gasteiger partial charge in [-0.2, -0.15) is 0 Å². The molecule has 1 saturated heterocycles. The molecule has 0 amide bonds. The van der Waals surface area contributed by atoms with Crippen LogP contribution < -0.4 is 0 Å². The van der Waals surface area contributed by atoms with Gasteiger partial charge in [-0.1, -0.05) is 11.3 Å². The molecule has 0 N–H and O–H groups in total. The van der Waals surface area contributed by atoms with Gasteiger partial charge in [-0.3, -0.25) is 14.7 Å². The van der Waals surface area contributed by atoms with Crippen LogP contribution in [0.4, 0.5) is 0 Å². The molecule has 0 spiro atoms. The highest BCUT2D eigenvalue weighted by Gasteiger charge is 2.15. The molecular weight excluding hydrogens is 350 g/mol. The molecule has 0 unspecified atom stereocenters. The monoisotopic (exact) mass is 371 g/mol. The summed E-state index contributed by atoms with van der Waals surface area (Å²) in [5, 5.41) is 10.6. The van der Waals surface area contributed by atoms with Crippen molar-refractivity contribution in [2.24, 2.45) is 0 Å². The lowest BCUT2D eigenvalue weighted by Gasteiger charge is -2.25. The van der Waals surface area contributed by atoms with Crippen LogP contribution in [0.1, 0.15) is 13.4 Å². The molecule has 0 saturated carbocycles. The largest absolute Gasteiger partial charge is 0.379 e. The molecule has 3 aromatic rings. The number of ketones is 1. The zero-order chi connectivity index (χ0) is 19.7. The van der Waals surface area contributed by atoms with E-state index in [2.05, 4.69) is 20.2 Å². The minimum atomic E-state index is -2.04. The van der Waals surface area contributed by atoms with Crippen molar-refractivity contribution < 1.29 is 12.3 Å². The number of aromatic nitrogens is 4. The average molecular weight is 371 g/mol. The van der Waals surface area contributed by atoms with Crippen LogP contribution in [0.3, 0.4) is 0 Å². The second-order valence-electron chi connectivity index (χ2n) is 6.00. The zero-order valence-electron chi connectivity index (χ0n) is 16.3. The third-order valence-electron chi connectivity index (χ3n) is 4.01. The Morgan fingerprint density at radius 3 is 2.96 bits per heavy atom. The molecule has 4 rings (SSSR count). The summed E-state index contributed by atoms with van der Waals surface area (Å²) >= 11 is 1.46. The van der Waals surface area contributed by atoms with Gasteiger partial charge in [-0.15, -0.1) is 10.2 Å². The summed E-state index contributed by atoms with van der Waals surface area (Å²) in [7, 11) is 0. The number of ether oxygens (including phenoxy) is 1. The fourth-order valence-electron chi connectivity index (χ4n) is 2.73. The van der Waals surface area contributed by atoms with Gasteiger partial charge in [0.2, 0.25) is 0 Å². The quantitative estimate of drug-likeness (QED) is 0.677. The van der Waals surface area contributed by atoms with Crippen LogP contribution in [0.25, 0.3) is 21.6 Å². The van der Waals surface area contributed by atoms with Crippen LogP contribution >= 0.6 is 11.3 Å². The SMILES string of the molecule is [2H]C([2H])(C(=O)Cc1cc2nc(-c3nnc(C)s3)ccc2cn1)N1CCOCC1. The van der Waals surface area contributed by atoms with E-state index in [1.807, 2.05) is 19.1 Å². The predicted molar refractivity (Wildman–Crippen MR) is 99.1 cm³/mol. The molecule has 1 aliphatic heterocycles. The maximum Gasteiger partial charge on any atom is 0.166 e. The van der Waals surface area contributed by atoms with E-state index in [0.29, 0.717) is 43.2 Å². The third-order valence-corrected chi connectivity index (χ3v) is 4.87. The first-order valence-corrected chi connectivity index (χ1v) is 9.17. The van der Waals surface area contributed by atoms with Gasteiger partial charge >= 0.3 is 0 Å². The molecule has 134 valence electrons. The van der Waals surface area contributed by atoms with Gasteiger partial charge < -0.3 is 4.74 Å². The highest BCUT2D eigenvalue weighted by atomic mass is 32.1. The van der Waals surface area contributed by atoms with Crippen molar-refractivity contribution in [1.82, 2.24) is 25.1 Å². The molecule has 8 heteroatoms. The summed E-state index contributed by atoms with van der Waals surface area (Å²) < 4.78 is 21.7. The van der Waals surface area contributed by atoms with E-state index < -0.39 is 12.3 Å². The van der Waals surface area contributed by atoms with Gasteiger partial charge in [-0.25, -0.2) is 4.98 Å². The number of morpholine rings is 1. The first-order chi connectivity index (χ1) is 13.4. The van der Waals surface area contributed by atoms with E-state index in [1.165, 1.54) is 16.2 Å². The Morgan fingerprint density at radius 2 is 2.19 bits per heavy atom. The molecule has 0 aliphatic carbocycles. The summed E-state index contributed by atoms with van der Waals surface area (Å²) in [4.78, 5) is 23.1. The van der Waals surface area contributed by atoms with E-state index in [4.69, 9.17) is 7.48 Å². The Morgan fingerprint density at radius 1 is 1.35 bits per heavy atom.